The number of rotatable bonds is 5. The summed E-state index contributed by atoms with van der Waals surface area (Å²) in [5, 5.41) is 0. The maximum Gasteiger partial charge on any atom is 0.178 e. The maximum atomic E-state index is 5.70. The van der Waals surface area contributed by atoms with Gasteiger partial charge in [0.05, 0.1) is 0 Å². The first-order valence-electron chi connectivity index (χ1n) is 6.90. The molecular weight excluding hydrogens is 316 g/mol. The predicted octanol–water partition coefficient (Wildman–Crippen LogP) is 2.93. The highest BCUT2D eigenvalue weighted by atomic mass is 79.9. The van der Waals surface area contributed by atoms with Gasteiger partial charge in [-0.3, -0.25) is 4.98 Å². The Labute approximate surface area is 128 Å². The molecule has 5 heteroatoms. The monoisotopic (exact) mass is 334 g/mol. The number of pyridine rings is 1. The smallest absolute Gasteiger partial charge is 0.178 e. The van der Waals surface area contributed by atoms with Gasteiger partial charge in [-0.15, -0.1) is 0 Å². The lowest BCUT2D eigenvalue weighted by Crippen LogP contribution is -2.12. The Morgan fingerprint density at radius 2 is 1.75 bits per heavy atom. The summed E-state index contributed by atoms with van der Waals surface area (Å²) in [4.78, 5) is 13.7. The zero-order valence-corrected chi connectivity index (χ0v) is 13.4. The second-order valence-electron chi connectivity index (χ2n) is 4.53. The van der Waals surface area contributed by atoms with E-state index < -0.39 is 0 Å². The molecule has 0 spiro atoms. The van der Waals surface area contributed by atoms with E-state index in [1.807, 2.05) is 12.1 Å². The number of hydrogen-bond acceptors (Lipinski definition) is 4. The summed E-state index contributed by atoms with van der Waals surface area (Å²) >= 11 is 3.39. The first kappa shape index (κ1) is 15.1. The lowest BCUT2D eigenvalue weighted by molar-refractivity contribution is 0.842. The number of nitrogens with zero attached hydrogens (tertiary/aromatic N) is 3. The largest absolute Gasteiger partial charge is 0.330 e. The van der Waals surface area contributed by atoms with Gasteiger partial charge in [-0.25, -0.2) is 9.97 Å². The highest BCUT2D eigenvalue weighted by molar-refractivity contribution is 9.10. The molecule has 0 aliphatic carbocycles. The minimum absolute atomic E-state index is 0.624. The van der Waals surface area contributed by atoms with Crippen molar-refractivity contribution >= 4 is 15.9 Å². The average Bonchev–Trinajstić information content (AvgIpc) is 2.48. The van der Waals surface area contributed by atoms with Gasteiger partial charge in [-0.05, 0) is 59.4 Å². The first-order valence-corrected chi connectivity index (χ1v) is 7.69. The van der Waals surface area contributed by atoms with E-state index in [2.05, 4.69) is 44.7 Å². The molecule has 0 fully saturated rings. The SMILES string of the molecule is CCc1nc(-c2ccc(Br)cn2)nc(CC)c1CCN. The normalized spacial score (nSPS) is 10.8. The van der Waals surface area contributed by atoms with Crippen LogP contribution in [-0.2, 0) is 19.3 Å². The predicted molar refractivity (Wildman–Crippen MR) is 84.5 cm³/mol. The molecule has 2 aromatic rings. The second kappa shape index (κ2) is 6.90. The van der Waals surface area contributed by atoms with E-state index in [0.717, 1.165) is 40.8 Å². The number of nitrogens with two attached hydrogens (primary N) is 1. The molecule has 0 aliphatic heterocycles. The summed E-state index contributed by atoms with van der Waals surface area (Å²) in [6.45, 7) is 4.85. The Balaban J connectivity index is 2.52. The lowest BCUT2D eigenvalue weighted by Gasteiger charge is -2.13. The third-order valence-corrected chi connectivity index (χ3v) is 3.67. The molecule has 4 nitrogen and oxygen atoms in total. The van der Waals surface area contributed by atoms with Gasteiger partial charge >= 0.3 is 0 Å². The Bertz CT molecular complexity index is 556. The third-order valence-electron chi connectivity index (χ3n) is 3.20. The van der Waals surface area contributed by atoms with Crippen LogP contribution in [0.3, 0.4) is 0 Å². The summed E-state index contributed by atoms with van der Waals surface area (Å²) in [6, 6.07) is 3.89. The van der Waals surface area contributed by atoms with E-state index in [9.17, 15) is 0 Å². The summed E-state index contributed by atoms with van der Waals surface area (Å²) < 4.78 is 0.951. The van der Waals surface area contributed by atoms with E-state index in [-0.39, 0.29) is 0 Å². The van der Waals surface area contributed by atoms with Crippen LogP contribution in [0.2, 0.25) is 0 Å². The minimum atomic E-state index is 0.624. The zero-order valence-electron chi connectivity index (χ0n) is 11.9. The van der Waals surface area contributed by atoms with Crippen molar-refractivity contribution in [2.75, 3.05) is 6.54 Å². The standard InChI is InChI=1S/C15H19BrN4/c1-3-12-11(7-8-17)13(4-2)20-15(19-12)14-6-5-10(16)9-18-14/h5-6,9H,3-4,7-8,17H2,1-2H3. The van der Waals surface area contributed by atoms with Crippen molar-refractivity contribution in [3.8, 4) is 11.5 Å². The van der Waals surface area contributed by atoms with Crippen LogP contribution in [0.15, 0.2) is 22.8 Å². The fraction of sp³-hybridized carbons (Fsp3) is 0.400. The number of hydrogen-bond donors (Lipinski definition) is 1. The fourth-order valence-electron chi connectivity index (χ4n) is 2.22. The molecule has 0 radical (unpaired) electrons. The summed E-state index contributed by atoms with van der Waals surface area (Å²) in [6.07, 6.45) is 4.37. The molecule has 2 heterocycles. The van der Waals surface area contributed by atoms with Crippen LogP contribution in [-0.4, -0.2) is 21.5 Å². The molecule has 0 unspecified atom stereocenters. The fourth-order valence-corrected chi connectivity index (χ4v) is 2.46. The summed E-state index contributed by atoms with van der Waals surface area (Å²) in [5.74, 6) is 0.701. The first-order chi connectivity index (χ1) is 9.69. The van der Waals surface area contributed by atoms with Crippen molar-refractivity contribution < 1.29 is 0 Å². The van der Waals surface area contributed by atoms with E-state index in [1.165, 1.54) is 5.56 Å². The Morgan fingerprint density at radius 1 is 1.10 bits per heavy atom. The van der Waals surface area contributed by atoms with Gasteiger partial charge < -0.3 is 5.73 Å². The molecule has 2 rings (SSSR count). The third kappa shape index (κ3) is 3.22. The van der Waals surface area contributed by atoms with Crippen molar-refractivity contribution in [2.24, 2.45) is 5.73 Å². The molecule has 20 heavy (non-hydrogen) atoms. The van der Waals surface area contributed by atoms with Crippen LogP contribution in [0.1, 0.15) is 30.8 Å². The lowest BCUT2D eigenvalue weighted by atomic mass is 10.0. The molecule has 2 aromatic heterocycles. The Kier molecular flexibility index (Phi) is 5.20. The highest BCUT2D eigenvalue weighted by Gasteiger charge is 2.13. The van der Waals surface area contributed by atoms with Gasteiger partial charge in [0, 0.05) is 22.1 Å². The summed E-state index contributed by atoms with van der Waals surface area (Å²) in [7, 11) is 0. The zero-order chi connectivity index (χ0) is 14.5. The van der Waals surface area contributed by atoms with Gasteiger partial charge in [0.15, 0.2) is 5.82 Å². The van der Waals surface area contributed by atoms with E-state index in [1.54, 1.807) is 6.20 Å². The maximum absolute atomic E-state index is 5.70. The Morgan fingerprint density at radius 3 is 2.20 bits per heavy atom. The van der Waals surface area contributed by atoms with Crippen LogP contribution in [0.4, 0.5) is 0 Å². The second-order valence-corrected chi connectivity index (χ2v) is 5.44. The van der Waals surface area contributed by atoms with Gasteiger partial charge in [-0.1, -0.05) is 13.8 Å². The summed E-state index contributed by atoms with van der Waals surface area (Å²) in [5.41, 5.74) is 9.88. The molecule has 2 N–H and O–H groups in total. The highest BCUT2D eigenvalue weighted by Crippen LogP contribution is 2.20. The van der Waals surface area contributed by atoms with E-state index in [4.69, 9.17) is 5.73 Å². The van der Waals surface area contributed by atoms with E-state index in [0.29, 0.717) is 12.4 Å². The molecule has 0 saturated heterocycles. The van der Waals surface area contributed by atoms with Crippen molar-refractivity contribution in [3.63, 3.8) is 0 Å². The van der Waals surface area contributed by atoms with Crippen LogP contribution >= 0.6 is 15.9 Å². The number of aryl methyl sites for hydroxylation is 2. The van der Waals surface area contributed by atoms with Crippen LogP contribution in [0, 0.1) is 0 Å². The minimum Gasteiger partial charge on any atom is -0.330 e. The number of halogens is 1. The molecular formula is C15H19BrN4. The molecule has 0 aliphatic rings. The van der Waals surface area contributed by atoms with Crippen LogP contribution < -0.4 is 5.73 Å². The van der Waals surface area contributed by atoms with Crippen molar-refractivity contribution in [1.29, 1.82) is 0 Å². The van der Waals surface area contributed by atoms with Crippen LogP contribution in [0.25, 0.3) is 11.5 Å². The van der Waals surface area contributed by atoms with Gasteiger partial charge in [0.2, 0.25) is 0 Å². The quantitative estimate of drug-likeness (QED) is 0.912. The average molecular weight is 335 g/mol. The molecule has 0 atom stereocenters. The van der Waals surface area contributed by atoms with Gasteiger partial charge in [0.25, 0.3) is 0 Å². The topological polar surface area (TPSA) is 64.7 Å². The number of aromatic nitrogens is 3. The van der Waals surface area contributed by atoms with E-state index >= 15 is 0 Å². The Hall–Kier alpha value is -1.33. The molecule has 0 bridgehead atoms. The van der Waals surface area contributed by atoms with Crippen molar-refractivity contribution in [2.45, 2.75) is 33.1 Å². The molecule has 0 saturated carbocycles. The van der Waals surface area contributed by atoms with Crippen LogP contribution in [0.5, 0.6) is 0 Å². The van der Waals surface area contributed by atoms with Gasteiger partial charge in [0.1, 0.15) is 5.69 Å². The van der Waals surface area contributed by atoms with Gasteiger partial charge in [-0.2, -0.15) is 0 Å². The van der Waals surface area contributed by atoms with Crippen molar-refractivity contribution in [1.82, 2.24) is 15.0 Å². The molecule has 0 amide bonds. The van der Waals surface area contributed by atoms with Crippen molar-refractivity contribution in [3.05, 3.63) is 39.8 Å². The molecule has 0 aromatic carbocycles. The molecule has 106 valence electrons.